The van der Waals surface area contributed by atoms with Crippen molar-refractivity contribution in [2.24, 2.45) is 5.92 Å². The van der Waals surface area contributed by atoms with Crippen molar-refractivity contribution in [1.82, 2.24) is 5.32 Å². The van der Waals surface area contributed by atoms with E-state index in [1.807, 2.05) is 24.3 Å². The van der Waals surface area contributed by atoms with Crippen molar-refractivity contribution >= 4 is 0 Å². The fraction of sp³-hybridized carbons (Fsp3) is 0.533. The van der Waals surface area contributed by atoms with Crippen molar-refractivity contribution < 1.29 is 5.11 Å². The fourth-order valence-corrected chi connectivity index (χ4v) is 2.04. The lowest BCUT2D eigenvalue weighted by Crippen LogP contribution is -2.36. The van der Waals surface area contributed by atoms with Crippen molar-refractivity contribution in [3.8, 4) is 6.07 Å². The van der Waals surface area contributed by atoms with Crippen molar-refractivity contribution in [3.05, 3.63) is 35.4 Å². The first-order valence-electron chi connectivity index (χ1n) is 6.45. The van der Waals surface area contributed by atoms with Crippen LogP contribution >= 0.6 is 0 Å². The minimum atomic E-state index is 0.178. The van der Waals surface area contributed by atoms with E-state index in [0.29, 0.717) is 11.5 Å². The molecule has 2 atom stereocenters. The quantitative estimate of drug-likeness (QED) is 0.811. The first-order chi connectivity index (χ1) is 8.58. The Hall–Kier alpha value is -1.37. The third-order valence-electron chi connectivity index (χ3n) is 3.22. The number of hydrogen-bond acceptors (Lipinski definition) is 3. The van der Waals surface area contributed by atoms with Gasteiger partial charge in [0, 0.05) is 18.7 Å². The topological polar surface area (TPSA) is 56.0 Å². The van der Waals surface area contributed by atoms with E-state index in [0.717, 1.165) is 12.0 Å². The number of nitrogens with one attached hydrogen (secondary N) is 1. The molecule has 2 unspecified atom stereocenters. The van der Waals surface area contributed by atoms with Crippen LogP contribution in [0.3, 0.4) is 0 Å². The average Bonchev–Trinajstić information content (AvgIpc) is 2.38. The largest absolute Gasteiger partial charge is 0.396 e. The molecule has 0 saturated heterocycles. The Morgan fingerprint density at radius 2 is 2.06 bits per heavy atom. The third-order valence-corrected chi connectivity index (χ3v) is 3.22. The average molecular weight is 246 g/mol. The molecule has 1 aromatic rings. The van der Waals surface area contributed by atoms with Crippen molar-refractivity contribution in [2.45, 2.75) is 39.3 Å². The highest BCUT2D eigenvalue weighted by atomic mass is 16.3. The predicted octanol–water partition coefficient (Wildman–Crippen LogP) is 2.62. The summed E-state index contributed by atoms with van der Waals surface area (Å²) in [5.74, 6) is 0.471. The monoisotopic (exact) mass is 246 g/mol. The second-order valence-electron chi connectivity index (χ2n) is 4.99. The molecule has 0 saturated carbocycles. The SMILES string of the molecule is CC(NC(CCO)C(C)C)c1cccc(C#N)c1. The Bertz CT molecular complexity index is 409. The minimum Gasteiger partial charge on any atom is -0.396 e. The molecule has 0 bridgehead atoms. The Balaban J connectivity index is 2.74. The maximum Gasteiger partial charge on any atom is 0.0991 e. The van der Waals surface area contributed by atoms with Crippen LogP contribution in [0.25, 0.3) is 0 Å². The molecule has 0 aliphatic heterocycles. The van der Waals surface area contributed by atoms with Gasteiger partial charge < -0.3 is 10.4 Å². The summed E-state index contributed by atoms with van der Waals surface area (Å²) in [7, 11) is 0. The van der Waals surface area contributed by atoms with Crippen LogP contribution in [-0.2, 0) is 0 Å². The van der Waals surface area contributed by atoms with Gasteiger partial charge in [-0.1, -0.05) is 26.0 Å². The van der Waals surface area contributed by atoms with E-state index in [-0.39, 0.29) is 18.7 Å². The van der Waals surface area contributed by atoms with Crippen LogP contribution in [0.15, 0.2) is 24.3 Å². The van der Waals surface area contributed by atoms with E-state index in [9.17, 15) is 0 Å². The second-order valence-corrected chi connectivity index (χ2v) is 4.99. The molecule has 3 nitrogen and oxygen atoms in total. The van der Waals surface area contributed by atoms with Gasteiger partial charge in [0.1, 0.15) is 0 Å². The van der Waals surface area contributed by atoms with Gasteiger partial charge in [-0.25, -0.2) is 0 Å². The summed E-state index contributed by atoms with van der Waals surface area (Å²) in [6.07, 6.45) is 0.750. The molecule has 2 N–H and O–H groups in total. The summed E-state index contributed by atoms with van der Waals surface area (Å²) in [6.45, 7) is 6.57. The zero-order chi connectivity index (χ0) is 13.5. The van der Waals surface area contributed by atoms with E-state index in [1.54, 1.807) is 0 Å². The number of benzene rings is 1. The molecule has 0 heterocycles. The van der Waals surface area contributed by atoms with Crippen molar-refractivity contribution in [1.29, 1.82) is 5.26 Å². The summed E-state index contributed by atoms with van der Waals surface area (Å²) in [5.41, 5.74) is 1.79. The molecule has 0 aromatic heterocycles. The Labute approximate surface area is 109 Å². The van der Waals surface area contributed by atoms with Gasteiger partial charge >= 0.3 is 0 Å². The maximum atomic E-state index is 9.07. The lowest BCUT2D eigenvalue weighted by Gasteiger charge is -2.26. The summed E-state index contributed by atoms with van der Waals surface area (Å²) >= 11 is 0. The van der Waals surface area contributed by atoms with Crippen molar-refractivity contribution in [2.75, 3.05) is 6.61 Å². The number of hydrogen-bond donors (Lipinski definition) is 2. The lowest BCUT2D eigenvalue weighted by atomic mass is 9.98. The summed E-state index contributed by atoms with van der Waals surface area (Å²) in [5, 5.41) is 21.5. The van der Waals surface area contributed by atoms with Crippen LogP contribution in [0.5, 0.6) is 0 Å². The number of nitriles is 1. The van der Waals surface area contributed by atoms with Crippen LogP contribution < -0.4 is 5.32 Å². The standard InChI is InChI=1S/C15H22N2O/c1-11(2)15(7-8-18)17-12(3)14-6-4-5-13(9-14)10-16/h4-6,9,11-12,15,17-18H,7-8H2,1-3H3. The van der Waals surface area contributed by atoms with E-state index in [4.69, 9.17) is 10.4 Å². The summed E-state index contributed by atoms with van der Waals surface area (Å²) < 4.78 is 0. The van der Waals surface area contributed by atoms with E-state index in [2.05, 4.69) is 32.2 Å². The number of aliphatic hydroxyl groups excluding tert-OH is 1. The van der Waals surface area contributed by atoms with Gasteiger partial charge in [-0.3, -0.25) is 0 Å². The third kappa shape index (κ3) is 4.14. The van der Waals surface area contributed by atoms with Gasteiger partial charge in [0.2, 0.25) is 0 Å². The van der Waals surface area contributed by atoms with Gasteiger partial charge in [-0.15, -0.1) is 0 Å². The molecule has 0 fully saturated rings. The first kappa shape index (κ1) is 14.7. The van der Waals surface area contributed by atoms with Gasteiger partial charge in [-0.2, -0.15) is 5.26 Å². The first-order valence-corrected chi connectivity index (χ1v) is 6.45. The van der Waals surface area contributed by atoms with Crippen LogP contribution in [0.2, 0.25) is 0 Å². The van der Waals surface area contributed by atoms with Gasteiger partial charge in [0.25, 0.3) is 0 Å². The molecule has 0 amide bonds. The molecule has 0 radical (unpaired) electrons. The summed E-state index contributed by atoms with van der Waals surface area (Å²) in [4.78, 5) is 0. The van der Waals surface area contributed by atoms with Crippen LogP contribution in [0, 0.1) is 17.2 Å². The highest BCUT2D eigenvalue weighted by Gasteiger charge is 2.16. The molecule has 98 valence electrons. The normalized spacial score (nSPS) is 14.2. The number of aliphatic hydroxyl groups is 1. The van der Waals surface area contributed by atoms with E-state index < -0.39 is 0 Å². The maximum absolute atomic E-state index is 9.07. The highest BCUT2D eigenvalue weighted by molar-refractivity contribution is 5.34. The smallest absolute Gasteiger partial charge is 0.0991 e. The molecule has 3 heteroatoms. The minimum absolute atomic E-state index is 0.178. The van der Waals surface area contributed by atoms with E-state index in [1.165, 1.54) is 0 Å². The predicted molar refractivity (Wildman–Crippen MR) is 73.0 cm³/mol. The molecule has 0 aliphatic rings. The Morgan fingerprint density at radius 3 is 2.61 bits per heavy atom. The lowest BCUT2D eigenvalue weighted by molar-refractivity contribution is 0.237. The summed E-state index contributed by atoms with van der Waals surface area (Å²) in [6, 6.07) is 10.3. The van der Waals surface area contributed by atoms with Crippen molar-refractivity contribution in [3.63, 3.8) is 0 Å². The zero-order valence-electron chi connectivity index (χ0n) is 11.4. The molecule has 18 heavy (non-hydrogen) atoms. The van der Waals surface area contributed by atoms with Gasteiger partial charge in [0.15, 0.2) is 0 Å². The Kier molecular flexibility index (Phi) is 5.84. The fourth-order valence-electron chi connectivity index (χ4n) is 2.04. The molecule has 1 rings (SSSR count). The van der Waals surface area contributed by atoms with Crippen LogP contribution in [0.1, 0.15) is 44.4 Å². The molecule has 1 aromatic carbocycles. The molecular weight excluding hydrogens is 224 g/mol. The molecular formula is C15H22N2O. The molecule has 0 aliphatic carbocycles. The van der Waals surface area contributed by atoms with Crippen LogP contribution in [0.4, 0.5) is 0 Å². The van der Waals surface area contributed by atoms with Crippen LogP contribution in [-0.4, -0.2) is 17.8 Å². The van der Waals surface area contributed by atoms with Gasteiger partial charge in [0.05, 0.1) is 11.6 Å². The number of rotatable bonds is 6. The second kappa shape index (κ2) is 7.15. The number of nitrogens with zero attached hydrogens (tertiary/aromatic N) is 1. The highest BCUT2D eigenvalue weighted by Crippen LogP contribution is 2.17. The zero-order valence-corrected chi connectivity index (χ0v) is 11.4. The molecule has 0 spiro atoms. The van der Waals surface area contributed by atoms with E-state index >= 15 is 0 Å². The Morgan fingerprint density at radius 1 is 1.33 bits per heavy atom. The van der Waals surface area contributed by atoms with Gasteiger partial charge in [-0.05, 0) is 37.0 Å².